The number of carbonyl (C=O) groups excluding carboxylic acids is 2. The molecule has 0 bridgehead atoms. The van der Waals surface area contributed by atoms with Crippen molar-refractivity contribution in [3.8, 4) is 11.5 Å². The largest absolute Gasteiger partial charge is 0.493 e. The number of amides is 2. The Balaban J connectivity index is 2.21. The zero-order valence-corrected chi connectivity index (χ0v) is 16.9. The maximum Gasteiger partial charge on any atom is 0.247 e. The van der Waals surface area contributed by atoms with Crippen LogP contribution < -0.4 is 15.2 Å². The molecule has 0 aliphatic carbocycles. The van der Waals surface area contributed by atoms with E-state index in [1.807, 2.05) is 13.8 Å². The molecular formula is C22H25FN2O4. The summed E-state index contributed by atoms with van der Waals surface area (Å²) in [6, 6.07) is 9.63. The molecule has 0 fully saturated rings. The lowest BCUT2D eigenvalue weighted by molar-refractivity contribution is -0.134. The van der Waals surface area contributed by atoms with Crippen LogP contribution in [0.15, 0.2) is 48.5 Å². The van der Waals surface area contributed by atoms with E-state index in [-0.39, 0.29) is 6.10 Å². The summed E-state index contributed by atoms with van der Waals surface area (Å²) >= 11 is 0. The molecule has 2 amide bonds. The average Bonchev–Trinajstić information content (AvgIpc) is 2.66. The van der Waals surface area contributed by atoms with E-state index in [0.717, 1.165) is 0 Å². The van der Waals surface area contributed by atoms with E-state index in [1.54, 1.807) is 30.3 Å². The molecule has 6 nitrogen and oxygen atoms in total. The number of methoxy groups -OCH3 is 1. The Morgan fingerprint density at radius 2 is 1.86 bits per heavy atom. The van der Waals surface area contributed by atoms with Gasteiger partial charge in [0.1, 0.15) is 11.9 Å². The SMILES string of the molecule is COc1cc(/C=C/C(=O)N(C)C(C(N)=O)c2cccc(F)c2)ccc1OC(C)C. The Bertz CT molecular complexity index is 911. The van der Waals surface area contributed by atoms with Gasteiger partial charge in [0.05, 0.1) is 13.2 Å². The lowest BCUT2D eigenvalue weighted by Crippen LogP contribution is -2.38. The summed E-state index contributed by atoms with van der Waals surface area (Å²) in [4.78, 5) is 25.6. The molecule has 7 heteroatoms. The molecule has 2 aromatic rings. The van der Waals surface area contributed by atoms with E-state index in [1.165, 1.54) is 43.3 Å². The fraction of sp³-hybridized carbons (Fsp3) is 0.273. The van der Waals surface area contributed by atoms with Gasteiger partial charge in [-0.15, -0.1) is 0 Å². The van der Waals surface area contributed by atoms with Crippen LogP contribution in [0.1, 0.15) is 31.0 Å². The van der Waals surface area contributed by atoms with Crippen LogP contribution in [-0.4, -0.2) is 37.0 Å². The molecule has 0 spiro atoms. The average molecular weight is 400 g/mol. The second kappa shape index (κ2) is 9.73. The third-order valence-corrected chi connectivity index (χ3v) is 4.14. The van der Waals surface area contributed by atoms with Crippen molar-refractivity contribution in [2.45, 2.75) is 26.0 Å². The summed E-state index contributed by atoms with van der Waals surface area (Å²) in [5, 5.41) is 0. The molecule has 0 aliphatic rings. The van der Waals surface area contributed by atoms with Gasteiger partial charge in [0.2, 0.25) is 11.8 Å². The van der Waals surface area contributed by atoms with Crippen molar-refractivity contribution in [1.82, 2.24) is 4.90 Å². The Labute approximate surface area is 169 Å². The molecule has 1 atom stereocenters. The minimum absolute atomic E-state index is 0.00549. The molecule has 0 saturated heterocycles. The van der Waals surface area contributed by atoms with Gasteiger partial charge < -0.3 is 20.1 Å². The first kappa shape index (κ1) is 21.9. The van der Waals surface area contributed by atoms with Gasteiger partial charge in [0.25, 0.3) is 0 Å². The Morgan fingerprint density at radius 1 is 1.14 bits per heavy atom. The Kier molecular flexibility index (Phi) is 7.36. The normalized spacial score (nSPS) is 12.1. The predicted molar refractivity (Wildman–Crippen MR) is 109 cm³/mol. The van der Waals surface area contributed by atoms with Crippen molar-refractivity contribution < 1.29 is 23.5 Å². The van der Waals surface area contributed by atoms with Crippen molar-refractivity contribution in [2.24, 2.45) is 5.73 Å². The Morgan fingerprint density at radius 3 is 2.45 bits per heavy atom. The minimum Gasteiger partial charge on any atom is -0.493 e. The highest BCUT2D eigenvalue weighted by Gasteiger charge is 2.25. The summed E-state index contributed by atoms with van der Waals surface area (Å²) in [6.45, 7) is 3.82. The van der Waals surface area contributed by atoms with Crippen LogP contribution in [0.3, 0.4) is 0 Å². The van der Waals surface area contributed by atoms with Crippen LogP contribution in [0.25, 0.3) is 6.08 Å². The summed E-state index contributed by atoms with van der Waals surface area (Å²) < 4.78 is 24.5. The maximum absolute atomic E-state index is 13.5. The van der Waals surface area contributed by atoms with E-state index in [2.05, 4.69) is 0 Å². The van der Waals surface area contributed by atoms with Gasteiger partial charge in [-0.3, -0.25) is 9.59 Å². The summed E-state index contributed by atoms with van der Waals surface area (Å²) in [5.74, 6) is -0.586. The molecule has 1 unspecified atom stereocenters. The third kappa shape index (κ3) is 5.81. The molecule has 0 heterocycles. The lowest BCUT2D eigenvalue weighted by atomic mass is 10.0. The molecule has 29 heavy (non-hydrogen) atoms. The maximum atomic E-state index is 13.5. The van der Waals surface area contributed by atoms with Crippen LogP contribution in [0.2, 0.25) is 0 Å². The number of nitrogens with two attached hydrogens (primary N) is 1. The standard InChI is InChI=1S/C22H25FN2O4/c1-14(2)29-18-10-8-15(12-19(18)28-4)9-11-20(26)25(3)21(22(24)27)16-6-5-7-17(23)13-16/h5-14,21H,1-4H3,(H2,24,27)/b11-9+. The number of halogens is 1. The second-order valence-corrected chi connectivity index (χ2v) is 6.72. The highest BCUT2D eigenvalue weighted by Crippen LogP contribution is 2.29. The van der Waals surface area contributed by atoms with E-state index >= 15 is 0 Å². The number of hydrogen-bond acceptors (Lipinski definition) is 4. The fourth-order valence-electron chi connectivity index (χ4n) is 2.81. The first-order valence-electron chi connectivity index (χ1n) is 9.07. The highest BCUT2D eigenvalue weighted by molar-refractivity contribution is 5.95. The zero-order chi connectivity index (χ0) is 21.6. The number of hydrogen-bond donors (Lipinski definition) is 1. The van der Waals surface area contributed by atoms with Gasteiger partial charge in [-0.05, 0) is 55.3 Å². The van der Waals surface area contributed by atoms with E-state index < -0.39 is 23.7 Å². The predicted octanol–water partition coefficient (Wildman–Crippen LogP) is 3.32. The number of ether oxygens (including phenoxy) is 2. The van der Waals surface area contributed by atoms with Crippen LogP contribution in [0.4, 0.5) is 4.39 Å². The molecule has 2 aromatic carbocycles. The lowest BCUT2D eigenvalue weighted by Gasteiger charge is -2.25. The van der Waals surface area contributed by atoms with E-state index in [9.17, 15) is 14.0 Å². The van der Waals surface area contributed by atoms with Crippen LogP contribution in [0.5, 0.6) is 11.5 Å². The second-order valence-electron chi connectivity index (χ2n) is 6.72. The Hall–Kier alpha value is -3.35. The molecule has 0 saturated carbocycles. The number of likely N-dealkylation sites (N-methyl/N-ethyl adjacent to an activating group) is 1. The number of nitrogens with zero attached hydrogens (tertiary/aromatic N) is 1. The van der Waals surface area contributed by atoms with E-state index in [4.69, 9.17) is 15.2 Å². The summed E-state index contributed by atoms with van der Waals surface area (Å²) in [6.07, 6.45) is 2.89. The molecule has 2 rings (SSSR count). The van der Waals surface area contributed by atoms with Crippen molar-refractivity contribution >= 4 is 17.9 Å². The molecule has 2 N–H and O–H groups in total. The minimum atomic E-state index is -1.08. The van der Waals surface area contributed by atoms with E-state index in [0.29, 0.717) is 22.6 Å². The highest BCUT2D eigenvalue weighted by atomic mass is 19.1. The third-order valence-electron chi connectivity index (χ3n) is 4.14. The molecular weight excluding hydrogens is 375 g/mol. The van der Waals surface area contributed by atoms with Crippen LogP contribution in [0, 0.1) is 5.82 Å². The van der Waals surface area contributed by atoms with Crippen LogP contribution in [-0.2, 0) is 9.59 Å². The first-order valence-corrected chi connectivity index (χ1v) is 9.07. The van der Waals surface area contributed by atoms with Crippen LogP contribution >= 0.6 is 0 Å². The first-order chi connectivity index (χ1) is 13.7. The number of benzene rings is 2. The molecule has 0 radical (unpaired) electrons. The fourth-order valence-corrected chi connectivity index (χ4v) is 2.81. The number of rotatable bonds is 8. The summed E-state index contributed by atoms with van der Waals surface area (Å²) in [5.41, 5.74) is 6.46. The molecule has 154 valence electrons. The van der Waals surface area contributed by atoms with Gasteiger partial charge in [-0.2, -0.15) is 0 Å². The zero-order valence-electron chi connectivity index (χ0n) is 16.9. The number of carbonyl (C=O) groups is 2. The van der Waals surface area contributed by atoms with Gasteiger partial charge in [-0.1, -0.05) is 18.2 Å². The molecule has 0 aliphatic heterocycles. The van der Waals surface area contributed by atoms with Gasteiger partial charge in [0.15, 0.2) is 11.5 Å². The monoisotopic (exact) mass is 400 g/mol. The van der Waals surface area contributed by atoms with Crippen molar-refractivity contribution in [3.63, 3.8) is 0 Å². The van der Waals surface area contributed by atoms with Gasteiger partial charge in [-0.25, -0.2) is 4.39 Å². The smallest absolute Gasteiger partial charge is 0.247 e. The van der Waals surface area contributed by atoms with Crippen molar-refractivity contribution in [3.05, 3.63) is 65.5 Å². The summed E-state index contributed by atoms with van der Waals surface area (Å²) in [7, 11) is 2.97. The quantitative estimate of drug-likeness (QED) is 0.689. The molecule has 0 aromatic heterocycles. The van der Waals surface area contributed by atoms with Gasteiger partial charge in [0, 0.05) is 13.1 Å². The topological polar surface area (TPSA) is 81.9 Å². The van der Waals surface area contributed by atoms with Gasteiger partial charge >= 0.3 is 0 Å². The number of primary amides is 1. The van der Waals surface area contributed by atoms with Crippen molar-refractivity contribution in [1.29, 1.82) is 0 Å². The van der Waals surface area contributed by atoms with Crippen molar-refractivity contribution in [2.75, 3.05) is 14.2 Å².